The maximum atomic E-state index is 11.5. The van der Waals surface area contributed by atoms with E-state index in [1.807, 2.05) is 0 Å². The van der Waals surface area contributed by atoms with Gasteiger partial charge in [-0.3, -0.25) is 4.57 Å². The molecular formula is C10H11ClN4O2. The maximum absolute atomic E-state index is 11.5. The standard InChI is InChI=1S/C10H11ClN4O2/c1-5(9(16)17-2)15-8-7(14-10(15)12)3-6(11)4-13-8/h3-5H,1-2H3,(H2,12,14). The molecule has 0 spiro atoms. The van der Waals surface area contributed by atoms with Gasteiger partial charge in [-0.1, -0.05) is 11.6 Å². The highest BCUT2D eigenvalue weighted by molar-refractivity contribution is 6.31. The van der Waals surface area contributed by atoms with Crippen molar-refractivity contribution in [3.63, 3.8) is 0 Å². The van der Waals surface area contributed by atoms with Gasteiger partial charge in [0.1, 0.15) is 11.6 Å². The number of fused-ring (bicyclic) bond motifs is 1. The minimum absolute atomic E-state index is 0.202. The number of methoxy groups -OCH3 is 1. The summed E-state index contributed by atoms with van der Waals surface area (Å²) in [5, 5.41) is 0.466. The molecule has 0 fully saturated rings. The summed E-state index contributed by atoms with van der Waals surface area (Å²) in [7, 11) is 1.32. The van der Waals surface area contributed by atoms with Gasteiger partial charge >= 0.3 is 5.97 Å². The minimum atomic E-state index is -0.585. The quantitative estimate of drug-likeness (QED) is 0.819. The number of nitrogens with zero attached hydrogens (tertiary/aromatic N) is 3. The number of nitrogens with two attached hydrogens (primary N) is 1. The van der Waals surface area contributed by atoms with E-state index >= 15 is 0 Å². The van der Waals surface area contributed by atoms with Gasteiger partial charge in [0, 0.05) is 6.20 Å². The number of nitrogen functional groups attached to an aromatic ring is 1. The van der Waals surface area contributed by atoms with Crippen molar-refractivity contribution in [2.24, 2.45) is 0 Å². The zero-order valence-corrected chi connectivity index (χ0v) is 10.1. The van der Waals surface area contributed by atoms with Crippen LogP contribution in [0.1, 0.15) is 13.0 Å². The SMILES string of the molecule is COC(=O)C(C)n1c(N)nc2cc(Cl)cnc21. The third kappa shape index (κ3) is 1.91. The lowest BCUT2D eigenvalue weighted by atomic mass is 10.3. The Labute approximate surface area is 102 Å². The van der Waals surface area contributed by atoms with Crippen molar-refractivity contribution in [2.75, 3.05) is 12.8 Å². The summed E-state index contributed by atoms with van der Waals surface area (Å²) in [5.74, 6) is -0.208. The fraction of sp³-hybridized carbons (Fsp3) is 0.300. The third-order valence-electron chi connectivity index (χ3n) is 2.45. The number of ether oxygens (including phenoxy) is 1. The number of carbonyl (C=O) groups is 1. The molecule has 6 nitrogen and oxygen atoms in total. The van der Waals surface area contributed by atoms with Gasteiger partial charge in [-0.25, -0.2) is 14.8 Å². The number of imidazole rings is 1. The molecule has 0 saturated carbocycles. The summed E-state index contributed by atoms with van der Waals surface area (Å²) in [6.07, 6.45) is 1.48. The van der Waals surface area contributed by atoms with E-state index < -0.39 is 12.0 Å². The number of esters is 1. The number of halogens is 1. The average molecular weight is 255 g/mol. The first-order valence-electron chi connectivity index (χ1n) is 4.91. The summed E-state index contributed by atoms with van der Waals surface area (Å²) >= 11 is 5.81. The van der Waals surface area contributed by atoms with Crippen LogP contribution in [0.2, 0.25) is 5.02 Å². The Morgan fingerprint density at radius 1 is 1.65 bits per heavy atom. The molecule has 0 radical (unpaired) electrons. The van der Waals surface area contributed by atoms with Crippen molar-refractivity contribution in [1.29, 1.82) is 0 Å². The van der Waals surface area contributed by atoms with E-state index in [0.29, 0.717) is 16.2 Å². The summed E-state index contributed by atoms with van der Waals surface area (Å²) in [5.41, 5.74) is 6.81. The highest BCUT2D eigenvalue weighted by Crippen LogP contribution is 2.23. The molecule has 17 heavy (non-hydrogen) atoms. The van der Waals surface area contributed by atoms with Crippen LogP contribution in [0.25, 0.3) is 11.2 Å². The molecule has 0 aliphatic carbocycles. The van der Waals surface area contributed by atoms with E-state index in [1.165, 1.54) is 17.9 Å². The van der Waals surface area contributed by atoms with Crippen molar-refractivity contribution < 1.29 is 9.53 Å². The fourth-order valence-electron chi connectivity index (χ4n) is 1.63. The maximum Gasteiger partial charge on any atom is 0.328 e. The Balaban J connectivity index is 2.61. The van der Waals surface area contributed by atoms with E-state index in [4.69, 9.17) is 17.3 Å². The molecule has 7 heteroatoms. The summed E-state index contributed by atoms with van der Waals surface area (Å²) in [4.78, 5) is 19.7. The van der Waals surface area contributed by atoms with Crippen LogP contribution in [0, 0.1) is 0 Å². The van der Waals surface area contributed by atoms with E-state index in [2.05, 4.69) is 14.7 Å². The van der Waals surface area contributed by atoms with Gasteiger partial charge in [0.15, 0.2) is 5.65 Å². The van der Waals surface area contributed by atoms with E-state index in [9.17, 15) is 4.79 Å². The van der Waals surface area contributed by atoms with Crippen LogP contribution in [0.3, 0.4) is 0 Å². The zero-order valence-electron chi connectivity index (χ0n) is 9.35. The molecule has 2 aromatic heterocycles. The molecule has 0 aliphatic rings. The molecule has 0 amide bonds. The number of pyridine rings is 1. The summed E-state index contributed by atoms with van der Waals surface area (Å²) in [6, 6.07) is 1.06. The number of hydrogen-bond donors (Lipinski definition) is 1. The number of hydrogen-bond acceptors (Lipinski definition) is 5. The smallest absolute Gasteiger partial charge is 0.328 e. The Morgan fingerprint density at radius 2 is 2.35 bits per heavy atom. The van der Waals surface area contributed by atoms with Crippen molar-refractivity contribution >= 4 is 34.7 Å². The van der Waals surface area contributed by atoms with Gasteiger partial charge in [0.05, 0.1) is 12.1 Å². The highest BCUT2D eigenvalue weighted by Gasteiger charge is 2.21. The van der Waals surface area contributed by atoms with Crippen molar-refractivity contribution in [3.8, 4) is 0 Å². The third-order valence-corrected chi connectivity index (χ3v) is 2.66. The van der Waals surface area contributed by atoms with E-state index in [-0.39, 0.29) is 5.95 Å². The molecule has 0 aromatic carbocycles. The van der Waals surface area contributed by atoms with Crippen molar-refractivity contribution in [1.82, 2.24) is 14.5 Å². The van der Waals surface area contributed by atoms with Gasteiger partial charge in [-0.05, 0) is 13.0 Å². The summed E-state index contributed by atoms with van der Waals surface area (Å²) < 4.78 is 6.18. The van der Waals surface area contributed by atoms with Gasteiger partial charge < -0.3 is 10.5 Å². The highest BCUT2D eigenvalue weighted by atomic mass is 35.5. The van der Waals surface area contributed by atoms with Gasteiger partial charge in [0.25, 0.3) is 0 Å². The molecule has 1 atom stereocenters. The lowest BCUT2D eigenvalue weighted by Crippen LogP contribution is -2.19. The normalized spacial score (nSPS) is 12.6. The van der Waals surface area contributed by atoms with Crippen molar-refractivity contribution in [3.05, 3.63) is 17.3 Å². The van der Waals surface area contributed by atoms with Crippen LogP contribution in [0.4, 0.5) is 5.95 Å². The molecule has 0 bridgehead atoms. The number of carbonyl (C=O) groups excluding carboxylic acids is 1. The molecule has 2 N–H and O–H groups in total. The van der Waals surface area contributed by atoms with E-state index in [1.54, 1.807) is 13.0 Å². The largest absolute Gasteiger partial charge is 0.467 e. The first kappa shape index (κ1) is 11.7. The second-order valence-corrected chi connectivity index (χ2v) is 3.97. The first-order chi connectivity index (χ1) is 8.04. The van der Waals surface area contributed by atoms with Crippen LogP contribution < -0.4 is 5.73 Å². The summed E-state index contributed by atoms with van der Waals surface area (Å²) in [6.45, 7) is 1.67. The minimum Gasteiger partial charge on any atom is -0.467 e. The van der Waals surface area contributed by atoms with Crippen LogP contribution >= 0.6 is 11.6 Å². The molecule has 2 rings (SSSR count). The monoisotopic (exact) mass is 254 g/mol. The number of anilines is 1. The number of rotatable bonds is 2. The molecule has 0 saturated heterocycles. The molecular weight excluding hydrogens is 244 g/mol. The predicted molar refractivity (Wildman–Crippen MR) is 63.7 cm³/mol. The van der Waals surface area contributed by atoms with Crippen LogP contribution in [0.15, 0.2) is 12.3 Å². The van der Waals surface area contributed by atoms with Crippen LogP contribution in [0.5, 0.6) is 0 Å². The zero-order chi connectivity index (χ0) is 12.6. The molecule has 1 unspecified atom stereocenters. The lowest BCUT2D eigenvalue weighted by molar-refractivity contribution is -0.143. The molecule has 2 heterocycles. The molecule has 0 aliphatic heterocycles. The predicted octanol–water partition coefficient (Wildman–Crippen LogP) is 1.40. The second-order valence-electron chi connectivity index (χ2n) is 3.54. The Bertz CT molecular complexity index is 581. The van der Waals surface area contributed by atoms with Gasteiger partial charge in [-0.15, -0.1) is 0 Å². The Kier molecular flexibility index (Phi) is 2.89. The number of aromatic nitrogens is 3. The molecule has 2 aromatic rings. The fourth-order valence-corrected chi connectivity index (χ4v) is 1.78. The average Bonchev–Trinajstić information content (AvgIpc) is 2.62. The Hall–Kier alpha value is -1.82. The Morgan fingerprint density at radius 3 is 3.00 bits per heavy atom. The van der Waals surface area contributed by atoms with Crippen LogP contribution in [-0.2, 0) is 9.53 Å². The van der Waals surface area contributed by atoms with Crippen molar-refractivity contribution in [2.45, 2.75) is 13.0 Å². The molecule has 90 valence electrons. The van der Waals surface area contributed by atoms with Gasteiger partial charge in [0.2, 0.25) is 5.95 Å². The van der Waals surface area contributed by atoms with Gasteiger partial charge in [-0.2, -0.15) is 0 Å². The first-order valence-corrected chi connectivity index (χ1v) is 5.29. The topological polar surface area (TPSA) is 83.0 Å². The second kappa shape index (κ2) is 4.21. The van der Waals surface area contributed by atoms with Crippen LogP contribution in [-0.4, -0.2) is 27.6 Å². The lowest BCUT2D eigenvalue weighted by Gasteiger charge is -2.12. The van der Waals surface area contributed by atoms with E-state index in [0.717, 1.165) is 0 Å².